The van der Waals surface area contributed by atoms with Gasteiger partial charge in [0.15, 0.2) is 18.3 Å². The first kappa shape index (κ1) is 19.9. The second kappa shape index (κ2) is 8.91. The largest absolute Gasteiger partial charge is 0.470 e. The Morgan fingerprint density at radius 3 is 2.61 bits per heavy atom. The Morgan fingerprint density at radius 2 is 1.89 bits per heavy atom. The first-order valence-corrected chi connectivity index (χ1v) is 9.69. The summed E-state index contributed by atoms with van der Waals surface area (Å²) < 4.78 is 10.6. The van der Waals surface area contributed by atoms with E-state index in [-0.39, 0.29) is 30.0 Å². The quantitative estimate of drug-likeness (QED) is 0.576. The van der Waals surface area contributed by atoms with Crippen LogP contribution < -0.4 is 10.6 Å². The fraction of sp³-hybridized carbons (Fsp3) is 0.476. The predicted octanol–water partition coefficient (Wildman–Crippen LogP) is 2.54. The van der Waals surface area contributed by atoms with Crippen LogP contribution in [0.2, 0.25) is 0 Å². The van der Waals surface area contributed by atoms with E-state index in [1.807, 2.05) is 18.2 Å². The van der Waals surface area contributed by atoms with E-state index in [0.29, 0.717) is 11.6 Å². The lowest BCUT2D eigenvalue weighted by Gasteiger charge is -2.30. The number of ketones is 1. The summed E-state index contributed by atoms with van der Waals surface area (Å²) in [6, 6.07) is 9.14. The van der Waals surface area contributed by atoms with Crippen molar-refractivity contribution in [1.29, 1.82) is 0 Å². The second-order valence-corrected chi connectivity index (χ2v) is 7.33. The minimum atomic E-state index is -1.000. The molecule has 0 unspecified atom stereocenters. The monoisotopic (exact) mass is 386 g/mol. The molecule has 1 aliphatic heterocycles. The van der Waals surface area contributed by atoms with Crippen LogP contribution in [0, 0.1) is 5.92 Å². The highest BCUT2D eigenvalue weighted by Gasteiger charge is 2.35. The molecule has 1 saturated carbocycles. The van der Waals surface area contributed by atoms with Crippen LogP contribution in [0.25, 0.3) is 0 Å². The van der Waals surface area contributed by atoms with E-state index in [1.54, 1.807) is 12.1 Å². The van der Waals surface area contributed by atoms with E-state index in [9.17, 15) is 14.4 Å². The van der Waals surface area contributed by atoms with Crippen molar-refractivity contribution >= 4 is 23.3 Å². The Hall–Kier alpha value is -2.83. The minimum absolute atomic E-state index is 0.0507. The Morgan fingerprint density at radius 1 is 1.18 bits per heavy atom. The standard InChI is InChI=1S/C21H26N2O5/c1-13-8-6-7-11-16(13)23-19(25)14(2)28-21(26)18-17(24)12-27-20(18)22-15-9-4-3-5-10-15/h3-5,9-10,13-14,16,22H,6-8,11-12H2,1-2H3,(H,23,25)/t13-,14+,16-/m0/s1. The Balaban J connectivity index is 1.63. The number of para-hydroxylation sites is 1. The number of esters is 1. The third-order valence-electron chi connectivity index (χ3n) is 5.18. The highest BCUT2D eigenvalue weighted by atomic mass is 16.6. The number of nitrogens with one attached hydrogen (secondary N) is 2. The van der Waals surface area contributed by atoms with Gasteiger partial charge in [-0.1, -0.05) is 38.0 Å². The maximum Gasteiger partial charge on any atom is 0.348 e. The average Bonchev–Trinajstić information content (AvgIpc) is 3.04. The molecular weight excluding hydrogens is 360 g/mol. The molecule has 2 aliphatic rings. The molecule has 0 aromatic heterocycles. The maximum absolute atomic E-state index is 12.5. The van der Waals surface area contributed by atoms with Crippen molar-refractivity contribution in [3.8, 4) is 0 Å². The van der Waals surface area contributed by atoms with Gasteiger partial charge >= 0.3 is 5.97 Å². The molecule has 2 N–H and O–H groups in total. The Labute approximate surface area is 164 Å². The van der Waals surface area contributed by atoms with Crippen LogP contribution in [0.5, 0.6) is 0 Å². The third kappa shape index (κ3) is 4.71. The van der Waals surface area contributed by atoms with E-state index in [0.717, 1.165) is 19.3 Å². The van der Waals surface area contributed by atoms with Crippen LogP contribution in [-0.4, -0.2) is 36.4 Å². The molecule has 3 atom stereocenters. The van der Waals surface area contributed by atoms with Crippen LogP contribution in [0.3, 0.4) is 0 Å². The van der Waals surface area contributed by atoms with Gasteiger partial charge in [-0.2, -0.15) is 0 Å². The summed E-state index contributed by atoms with van der Waals surface area (Å²) in [5.41, 5.74) is 0.476. The Kier molecular flexibility index (Phi) is 6.34. The zero-order valence-electron chi connectivity index (χ0n) is 16.2. The number of hydrogen-bond donors (Lipinski definition) is 2. The van der Waals surface area contributed by atoms with Crippen LogP contribution in [0.4, 0.5) is 5.69 Å². The van der Waals surface area contributed by atoms with E-state index < -0.39 is 17.9 Å². The first-order chi connectivity index (χ1) is 13.5. The molecule has 150 valence electrons. The van der Waals surface area contributed by atoms with Gasteiger partial charge in [-0.3, -0.25) is 9.59 Å². The molecule has 1 fully saturated rings. The first-order valence-electron chi connectivity index (χ1n) is 9.69. The molecule has 3 rings (SSSR count). The number of carbonyl (C=O) groups excluding carboxylic acids is 3. The van der Waals surface area contributed by atoms with Gasteiger partial charge in [0.05, 0.1) is 0 Å². The fourth-order valence-corrected chi connectivity index (χ4v) is 3.47. The lowest BCUT2D eigenvalue weighted by Crippen LogP contribution is -2.46. The van der Waals surface area contributed by atoms with Gasteiger partial charge in [0.1, 0.15) is 0 Å². The number of benzene rings is 1. The molecule has 0 bridgehead atoms. The fourth-order valence-electron chi connectivity index (χ4n) is 3.47. The van der Waals surface area contributed by atoms with Crippen molar-refractivity contribution in [2.75, 3.05) is 11.9 Å². The molecule has 0 radical (unpaired) electrons. The maximum atomic E-state index is 12.5. The van der Waals surface area contributed by atoms with Crippen molar-refractivity contribution in [2.24, 2.45) is 5.92 Å². The van der Waals surface area contributed by atoms with Crippen molar-refractivity contribution in [1.82, 2.24) is 5.32 Å². The number of amides is 1. The zero-order chi connectivity index (χ0) is 20.1. The number of rotatable bonds is 6. The topological polar surface area (TPSA) is 93.7 Å². The Bertz CT molecular complexity index is 774. The van der Waals surface area contributed by atoms with Gasteiger partial charge in [-0.25, -0.2) is 4.79 Å². The molecule has 28 heavy (non-hydrogen) atoms. The average molecular weight is 386 g/mol. The van der Waals surface area contributed by atoms with Crippen LogP contribution >= 0.6 is 0 Å². The van der Waals surface area contributed by atoms with E-state index in [1.165, 1.54) is 13.3 Å². The van der Waals surface area contributed by atoms with Crippen LogP contribution in [-0.2, 0) is 23.9 Å². The lowest BCUT2D eigenvalue weighted by molar-refractivity contribution is -0.152. The number of anilines is 1. The molecule has 1 aromatic carbocycles. The van der Waals surface area contributed by atoms with Crippen LogP contribution in [0.15, 0.2) is 41.8 Å². The molecule has 1 heterocycles. The highest BCUT2D eigenvalue weighted by Crippen LogP contribution is 2.24. The second-order valence-electron chi connectivity index (χ2n) is 7.33. The van der Waals surface area contributed by atoms with Gasteiger partial charge in [-0.05, 0) is 37.8 Å². The van der Waals surface area contributed by atoms with Crippen LogP contribution in [0.1, 0.15) is 39.5 Å². The number of carbonyl (C=O) groups is 3. The predicted molar refractivity (Wildman–Crippen MR) is 103 cm³/mol. The van der Waals surface area contributed by atoms with Crippen molar-refractivity contribution in [3.05, 3.63) is 41.8 Å². The molecule has 1 aliphatic carbocycles. The van der Waals surface area contributed by atoms with Gasteiger partial charge in [0.2, 0.25) is 11.7 Å². The van der Waals surface area contributed by atoms with E-state index >= 15 is 0 Å². The van der Waals surface area contributed by atoms with Gasteiger partial charge in [0.25, 0.3) is 5.91 Å². The van der Waals surface area contributed by atoms with Crippen molar-refractivity contribution < 1.29 is 23.9 Å². The van der Waals surface area contributed by atoms with Crippen molar-refractivity contribution in [3.63, 3.8) is 0 Å². The lowest BCUT2D eigenvalue weighted by atomic mass is 9.86. The number of ether oxygens (including phenoxy) is 2. The normalized spacial score (nSPS) is 23.0. The summed E-state index contributed by atoms with van der Waals surface area (Å²) in [5.74, 6) is -1.24. The number of hydrogen-bond acceptors (Lipinski definition) is 6. The molecule has 7 nitrogen and oxygen atoms in total. The SMILES string of the molecule is C[C@@H](OC(=O)C1=C(Nc2ccccc2)OCC1=O)C(=O)N[C@H]1CCCC[C@@H]1C. The summed E-state index contributed by atoms with van der Waals surface area (Å²) in [4.78, 5) is 37.1. The molecule has 1 amide bonds. The smallest absolute Gasteiger partial charge is 0.348 e. The van der Waals surface area contributed by atoms with E-state index in [2.05, 4.69) is 17.6 Å². The number of Topliss-reactive ketones (excluding diaryl/α,β-unsaturated/α-hetero) is 1. The third-order valence-corrected chi connectivity index (χ3v) is 5.18. The van der Waals surface area contributed by atoms with E-state index in [4.69, 9.17) is 9.47 Å². The molecule has 1 aromatic rings. The summed E-state index contributed by atoms with van der Waals surface area (Å²) in [7, 11) is 0. The van der Waals surface area contributed by atoms with Gasteiger partial charge < -0.3 is 20.1 Å². The molecule has 0 saturated heterocycles. The summed E-state index contributed by atoms with van der Waals surface area (Å²) in [5, 5.41) is 5.87. The molecular formula is C21H26N2O5. The van der Waals surface area contributed by atoms with Crippen molar-refractivity contribution in [2.45, 2.75) is 51.7 Å². The molecule has 0 spiro atoms. The summed E-state index contributed by atoms with van der Waals surface area (Å²) in [6.07, 6.45) is 3.26. The summed E-state index contributed by atoms with van der Waals surface area (Å²) >= 11 is 0. The summed E-state index contributed by atoms with van der Waals surface area (Å²) in [6.45, 7) is 3.38. The molecule has 7 heteroatoms. The minimum Gasteiger partial charge on any atom is -0.470 e. The van der Waals surface area contributed by atoms with Gasteiger partial charge in [0, 0.05) is 11.7 Å². The zero-order valence-corrected chi connectivity index (χ0v) is 16.2. The highest BCUT2D eigenvalue weighted by molar-refractivity contribution is 6.20. The van der Waals surface area contributed by atoms with Gasteiger partial charge in [-0.15, -0.1) is 0 Å².